The number of rotatable bonds is 3. The van der Waals surface area contributed by atoms with Crippen LogP contribution in [0.3, 0.4) is 0 Å². The van der Waals surface area contributed by atoms with Crippen LogP contribution < -0.4 is 5.73 Å². The smallest absolute Gasteiger partial charge is 0.141 e. The SMILES string of the molecule is CCc1ccc2[nH]cc(-c3nonc3CN)c2c1. The fourth-order valence-electron chi connectivity index (χ4n) is 2.13. The third-order valence-corrected chi connectivity index (χ3v) is 3.16. The topological polar surface area (TPSA) is 80.7 Å². The molecule has 0 unspecified atom stereocenters. The Kier molecular flexibility index (Phi) is 2.60. The molecule has 2 heterocycles. The molecule has 0 amide bonds. The molecule has 5 heteroatoms. The highest BCUT2D eigenvalue weighted by Gasteiger charge is 2.15. The van der Waals surface area contributed by atoms with Crippen LogP contribution in [0.5, 0.6) is 0 Å². The minimum Gasteiger partial charge on any atom is -0.360 e. The molecule has 0 aliphatic heterocycles. The second-order valence-corrected chi connectivity index (χ2v) is 4.20. The van der Waals surface area contributed by atoms with Crippen molar-refractivity contribution in [3.63, 3.8) is 0 Å². The maximum Gasteiger partial charge on any atom is 0.141 e. The van der Waals surface area contributed by atoms with E-state index in [-0.39, 0.29) is 0 Å². The normalized spacial score (nSPS) is 11.2. The van der Waals surface area contributed by atoms with Gasteiger partial charge in [-0.2, -0.15) is 0 Å². The molecule has 3 rings (SSSR count). The van der Waals surface area contributed by atoms with Crippen molar-refractivity contribution in [3.8, 4) is 11.3 Å². The number of H-pyrrole nitrogens is 1. The van der Waals surface area contributed by atoms with Crippen LogP contribution in [0, 0.1) is 0 Å². The lowest BCUT2D eigenvalue weighted by atomic mass is 10.1. The first-order chi connectivity index (χ1) is 8.83. The summed E-state index contributed by atoms with van der Waals surface area (Å²) in [6.07, 6.45) is 2.92. The number of aromatic amines is 1. The molecule has 0 fully saturated rings. The largest absolute Gasteiger partial charge is 0.360 e. The molecule has 0 radical (unpaired) electrons. The highest BCUT2D eigenvalue weighted by atomic mass is 16.6. The molecular formula is C13H14N4O. The van der Waals surface area contributed by atoms with Gasteiger partial charge in [0, 0.05) is 29.2 Å². The Bertz CT molecular complexity index is 683. The van der Waals surface area contributed by atoms with Crippen molar-refractivity contribution >= 4 is 10.9 Å². The average Bonchev–Trinajstić information content (AvgIpc) is 3.03. The van der Waals surface area contributed by atoms with Gasteiger partial charge in [0.25, 0.3) is 0 Å². The lowest BCUT2D eigenvalue weighted by Gasteiger charge is -1.99. The van der Waals surface area contributed by atoms with Crippen LogP contribution in [0.2, 0.25) is 0 Å². The third kappa shape index (κ3) is 1.60. The number of hydrogen-bond donors (Lipinski definition) is 2. The molecule has 1 aromatic carbocycles. The summed E-state index contributed by atoms with van der Waals surface area (Å²) in [7, 11) is 0. The molecule has 0 bridgehead atoms. The van der Waals surface area contributed by atoms with Gasteiger partial charge in [-0.1, -0.05) is 18.1 Å². The first kappa shape index (κ1) is 11.0. The van der Waals surface area contributed by atoms with Crippen molar-refractivity contribution in [1.29, 1.82) is 0 Å². The first-order valence-electron chi connectivity index (χ1n) is 5.95. The van der Waals surface area contributed by atoms with Gasteiger partial charge in [-0.05, 0) is 29.3 Å². The summed E-state index contributed by atoms with van der Waals surface area (Å²) in [6, 6.07) is 6.36. The summed E-state index contributed by atoms with van der Waals surface area (Å²) in [5.74, 6) is 0. The van der Waals surface area contributed by atoms with E-state index >= 15 is 0 Å². The van der Waals surface area contributed by atoms with Crippen LogP contribution >= 0.6 is 0 Å². The summed E-state index contributed by atoms with van der Waals surface area (Å²) in [6.45, 7) is 2.45. The van der Waals surface area contributed by atoms with Crippen molar-refractivity contribution in [2.24, 2.45) is 5.73 Å². The Labute approximate surface area is 104 Å². The summed E-state index contributed by atoms with van der Waals surface area (Å²) in [4.78, 5) is 3.23. The predicted molar refractivity (Wildman–Crippen MR) is 68.9 cm³/mol. The number of nitrogens with zero attached hydrogens (tertiary/aromatic N) is 2. The molecule has 0 aliphatic rings. The first-order valence-corrected chi connectivity index (χ1v) is 5.95. The van der Waals surface area contributed by atoms with E-state index in [4.69, 9.17) is 10.4 Å². The molecule has 2 aromatic heterocycles. The van der Waals surface area contributed by atoms with Crippen LogP contribution in [0.25, 0.3) is 22.2 Å². The zero-order chi connectivity index (χ0) is 12.5. The van der Waals surface area contributed by atoms with E-state index < -0.39 is 0 Å². The second-order valence-electron chi connectivity index (χ2n) is 4.20. The van der Waals surface area contributed by atoms with Crippen molar-refractivity contribution in [3.05, 3.63) is 35.7 Å². The monoisotopic (exact) mass is 242 g/mol. The van der Waals surface area contributed by atoms with E-state index in [0.29, 0.717) is 12.2 Å². The van der Waals surface area contributed by atoms with E-state index in [0.717, 1.165) is 28.6 Å². The number of aryl methyl sites for hydroxylation is 1. The molecule has 0 saturated carbocycles. The maximum atomic E-state index is 5.63. The standard InChI is InChI=1S/C13H14N4O/c1-2-8-3-4-11-9(5-8)10(7-15-11)13-12(6-14)16-18-17-13/h3-5,7,15H,2,6,14H2,1H3. The minimum atomic E-state index is 0.318. The molecule has 0 aliphatic carbocycles. The number of nitrogens with one attached hydrogen (secondary N) is 1. The van der Waals surface area contributed by atoms with E-state index in [9.17, 15) is 0 Å². The van der Waals surface area contributed by atoms with Crippen LogP contribution in [-0.4, -0.2) is 15.3 Å². The molecule has 5 nitrogen and oxygen atoms in total. The number of aromatic nitrogens is 3. The molecule has 0 spiro atoms. The van der Waals surface area contributed by atoms with Crippen molar-refractivity contribution in [2.45, 2.75) is 19.9 Å². The molecular weight excluding hydrogens is 228 g/mol. The molecule has 3 N–H and O–H groups in total. The Morgan fingerprint density at radius 2 is 2.22 bits per heavy atom. The molecule has 92 valence electrons. The van der Waals surface area contributed by atoms with Gasteiger partial charge in [0.15, 0.2) is 0 Å². The Hall–Kier alpha value is -2.14. The zero-order valence-corrected chi connectivity index (χ0v) is 10.1. The van der Waals surface area contributed by atoms with Crippen molar-refractivity contribution in [1.82, 2.24) is 15.3 Å². The van der Waals surface area contributed by atoms with Gasteiger partial charge in [-0.25, -0.2) is 4.63 Å². The lowest BCUT2D eigenvalue weighted by molar-refractivity contribution is 0.304. The zero-order valence-electron chi connectivity index (χ0n) is 10.1. The summed E-state index contributed by atoms with van der Waals surface area (Å²) in [5, 5.41) is 8.89. The average molecular weight is 242 g/mol. The number of nitrogens with two attached hydrogens (primary N) is 1. The number of benzene rings is 1. The van der Waals surface area contributed by atoms with Gasteiger partial charge in [0.1, 0.15) is 11.4 Å². The van der Waals surface area contributed by atoms with Crippen LogP contribution in [0.15, 0.2) is 29.0 Å². The van der Waals surface area contributed by atoms with E-state index in [1.807, 2.05) is 6.20 Å². The van der Waals surface area contributed by atoms with Gasteiger partial charge in [0.2, 0.25) is 0 Å². The molecule has 18 heavy (non-hydrogen) atoms. The van der Waals surface area contributed by atoms with Crippen molar-refractivity contribution in [2.75, 3.05) is 0 Å². The minimum absolute atomic E-state index is 0.318. The van der Waals surface area contributed by atoms with E-state index in [1.165, 1.54) is 5.56 Å². The Morgan fingerprint density at radius 1 is 1.33 bits per heavy atom. The highest BCUT2D eigenvalue weighted by molar-refractivity contribution is 5.95. The lowest BCUT2D eigenvalue weighted by Crippen LogP contribution is -1.98. The van der Waals surface area contributed by atoms with Gasteiger partial charge in [0.05, 0.1) is 0 Å². The van der Waals surface area contributed by atoms with Gasteiger partial charge in [-0.15, -0.1) is 0 Å². The quantitative estimate of drug-likeness (QED) is 0.738. The maximum absolute atomic E-state index is 5.63. The van der Waals surface area contributed by atoms with Crippen LogP contribution in [-0.2, 0) is 13.0 Å². The summed E-state index contributed by atoms with van der Waals surface area (Å²) in [5.41, 5.74) is 10.4. The Morgan fingerprint density at radius 3 is 3.00 bits per heavy atom. The Balaban J connectivity index is 2.23. The molecule has 3 aromatic rings. The fourth-order valence-corrected chi connectivity index (χ4v) is 2.13. The summed E-state index contributed by atoms with van der Waals surface area (Å²) >= 11 is 0. The summed E-state index contributed by atoms with van der Waals surface area (Å²) < 4.78 is 4.77. The highest BCUT2D eigenvalue weighted by Crippen LogP contribution is 2.29. The van der Waals surface area contributed by atoms with Gasteiger partial charge < -0.3 is 10.7 Å². The third-order valence-electron chi connectivity index (χ3n) is 3.16. The van der Waals surface area contributed by atoms with Crippen LogP contribution in [0.4, 0.5) is 0 Å². The fraction of sp³-hybridized carbons (Fsp3) is 0.231. The van der Waals surface area contributed by atoms with Crippen molar-refractivity contribution < 1.29 is 4.63 Å². The predicted octanol–water partition coefficient (Wildman–Crippen LogP) is 2.24. The molecule has 0 saturated heterocycles. The number of fused-ring (bicyclic) bond motifs is 1. The second kappa shape index (κ2) is 4.27. The van der Waals surface area contributed by atoms with E-state index in [1.54, 1.807) is 0 Å². The number of hydrogen-bond acceptors (Lipinski definition) is 4. The van der Waals surface area contributed by atoms with E-state index in [2.05, 4.69) is 40.4 Å². The van der Waals surface area contributed by atoms with Gasteiger partial charge in [-0.3, -0.25) is 0 Å². The molecule has 0 atom stereocenters. The van der Waals surface area contributed by atoms with Crippen LogP contribution in [0.1, 0.15) is 18.2 Å². The van der Waals surface area contributed by atoms with Gasteiger partial charge >= 0.3 is 0 Å².